The number of aromatic nitrogens is 2. The molecule has 3 nitrogen and oxygen atoms in total. The molecule has 1 fully saturated rings. The largest absolute Gasteiger partial charge is 0.330 e. The van der Waals surface area contributed by atoms with Gasteiger partial charge < -0.3 is 9.88 Å². The van der Waals surface area contributed by atoms with E-state index in [1.165, 1.54) is 31.5 Å². The van der Waals surface area contributed by atoms with E-state index in [-0.39, 0.29) is 0 Å². The molecule has 102 valence electrons. The van der Waals surface area contributed by atoms with Crippen LogP contribution in [-0.2, 0) is 0 Å². The van der Waals surface area contributed by atoms with E-state index < -0.39 is 0 Å². The first-order valence-electron chi connectivity index (χ1n) is 7.37. The molecular weight excluding hydrogens is 222 g/mol. The molecule has 0 saturated heterocycles. The van der Waals surface area contributed by atoms with Crippen LogP contribution < -0.4 is 5.32 Å². The highest BCUT2D eigenvalue weighted by molar-refractivity contribution is 5.03. The number of hydrogen-bond donors (Lipinski definition) is 1. The molecular formula is C15H27N3. The van der Waals surface area contributed by atoms with Crippen molar-refractivity contribution in [3.63, 3.8) is 0 Å². The molecule has 0 spiro atoms. The first-order chi connectivity index (χ1) is 8.67. The predicted octanol–water partition coefficient (Wildman–Crippen LogP) is 3.35. The van der Waals surface area contributed by atoms with E-state index in [0.717, 1.165) is 5.92 Å². The molecule has 18 heavy (non-hydrogen) atoms. The van der Waals surface area contributed by atoms with E-state index in [0.29, 0.717) is 18.0 Å². The van der Waals surface area contributed by atoms with E-state index in [1.807, 2.05) is 6.20 Å². The molecule has 0 bridgehead atoms. The van der Waals surface area contributed by atoms with E-state index in [1.54, 1.807) is 0 Å². The Kier molecular flexibility index (Phi) is 4.44. The smallest absolute Gasteiger partial charge is 0.111 e. The monoisotopic (exact) mass is 249 g/mol. The lowest BCUT2D eigenvalue weighted by atomic mass is 9.80. The van der Waals surface area contributed by atoms with Crippen LogP contribution in [-0.4, -0.2) is 22.6 Å². The second-order valence-corrected chi connectivity index (χ2v) is 5.90. The van der Waals surface area contributed by atoms with Crippen LogP contribution in [0.2, 0.25) is 0 Å². The lowest BCUT2D eigenvalue weighted by molar-refractivity contribution is 0.204. The van der Waals surface area contributed by atoms with Gasteiger partial charge in [0.15, 0.2) is 0 Å². The summed E-state index contributed by atoms with van der Waals surface area (Å²) >= 11 is 0. The molecule has 0 aromatic carbocycles. The Labute approximate surface area is 111 Å². The van der Waals surface area contributed by atoms with Gasteiger partial charge in [0.05, 0.1) is 6.04 Å². The van der Waals surface area contributed by atoms with Crippen molar-refractivity contribution in [2.24, 2.45) is 5.92 Å². The Balaban J connectivity index is 2.24. The Morgan fingerprint density at radius 3 is 2.83 bits per heavy atom. The SMILES string of the molecule is CCC1CCC(NC)C(n2ccnc2C(C)C)C1. The third-order valence-electron chi connectivity index (χ3n) is 4.45. The average molecular weight is 249 g/mol. The summed E-state index contributed by atoms with van der Waals surface area (Å²) in [5.74, 6) is 2.61. The van der Waals surface area contributed by atoms with Crippen LogP contribution in [0.25, 0.3) is 0 Å². The lowest BCUT2D eigenvalue weighted by Gasteiger charge is -2.37. The Bertz CT molecular complexity index is 370. The first-order valence-corrected chi connectivity index (χ1v) is 7.37. The maximum absolute atomic E-state index is 4.55. The van der Waals surface area contributed by atoms with Gasteiger partial charge >= 0.3 is 0 Å². The van der Waals surface area contributed by atoms with Crippen molar-refractivity contribution in [2.45, 2.75) is 64.5 Å². The molecule has 1 aromatic rings. The number of imidazole rings is 1. The third kappa shape index (κ3) is 2.61. The molecule has 3 unspecified atom stereocenters. The fraction of sp³-hybridized carbons (Fsp3) is 0.800. The van der Waals surface area contributed by atoms with Crippen molar-refractivity contribution >= 4 is 0 Å². The highest BCUT2D eigenvalue weighted by atomic mass is 15.1. The summed E-state index contributed by atoms with van der Waals surface area (Å²) in [7, 11) is 2.09. The van der Waals surface area contributed by atoms with Crippen molar-refractivity contribution in [3.05, 3.63) is 18.2 Å². The standard InChI is InChI=1S/C15H27N3/c1-5-12-6-7-13(16-4)14(10-12)18-9-8-17-15(18)11(2)3/h8-9,11-14,16H,5-7,10H2,1-4H3. The van der Waals surface area contributed by atoms with Gasteiger partial charge in [0.25, 0.3) is 0 Å². The van der Waals surface area contributed by atoms with Crippen LogP contribution in [0.1, 0.15) is 64.2 Å². The first kappa shape index (κ1) is 13.6. The molecule has 3 heteroatoms. The average Bonchev–Trinajstić information content (AvgIpc) is 2.87. The maximum Gasteiger partial charge on any atom is 0.111 e. The molecule has 1 aliphatic carbocycles. The second kappa shape index (κ2) is 5.87. The highest BCUT2D eigenvalue weighted by Crippen LogP contribution is 2.35. The lowest BCUT2D eigenvalue weighted by Crippen LogP contribution is -2.40. The van der Waals surface area contributed by atoms with Gasteiger partial charge in [0.2, 0.25) is 0 Å². The van der Waals surface area contributed by atoms with Crippen LogP contribution >= 0.6 is 0 Å². The van der Waals surface area contributed by atoms with Crippen LogP contribution in [0.5, 0.6) is 0 Å². The van der Waals surface area contributed by atoms with Gasteiger partial charge in [-0.05, 0) is 32.2 Å². The molecule has 0 radical (unpaired) electrons. The quantitative estimate of drug-likeness (QED) is 0.887. The summed E-state index contributed by atoms with van der Waals surface area (Å²) in [6.45, 7) is 6.78. The zero-order valence-electron chi connectivity index (χ0n) is 12.2. The van der Waals surface area contributed by atoms with Crippen LogP contribution in [0.3, 0.4) is 0 Å². The Morgan fingerprint density at radius 2 is 2.22 bits per heavy atom. The molecule has 1 heterocycles. The van der Waals surface area contributed by atoms with Crippen molar-refractivity contribution < 1.29 is 0 Å². The molecule has 1 N–H and O–H groups in total. The summed E-state index contributed by atoms with van der Waals surface area (Å²) in [6, 6.07) is 1.17. The number of rotatable bonds is 4. The van der Waals surface area contributed by atoms with Crippen LogP contribution in [0.15, 0.2) is 12.4 Å². The summed E-state index contributed by atoms with van der Waals surface area (Å²) in [6.07, 6.45) is 9.37. The zero-order valence-corrected chi connectivity index (χ0v) is 12.2. The third-order valence-corrected chi connectivity index (χ3v) is 4.45. The van der Waals surface area contributed by atoms with Gasteiger partial charge in [0.1, 0.15) is 5.82 Å². The minimum absolute atomic E-state index is 0.500. The Hall–Kier alpha value is -0.830. The molecule has 1 aromatic heterocycles. The summed E-state index contributed by atoms with van der Waals surface area (Å²) < 4.78 is 2.42. The molecule has 1 saturated carbocycles. The summed E-state index contributed by atoms with van der Waals surface area (Å²) in [5, 5.41) is 3.50. The van der Waals surface area contributed by atoms with Gasteiger partial charge in [-0.1, -0.05) is 27.2 Å². The molecule has 3 atom stereocenters. The predicted molar refractivity (Wildman–Crippen MR) is 75.8 cm³/mol. The molecule has 0 amide bonds. The summed E-state index contributed by atoms with van der Waals surface area (Å²) in [4.78, 5) is 4.55. The number of hydrogen-bond acceptors (Lipinski definition) is 2. The van der Waals surface area contributed by atoms with Crippen LogP contribution in [0, 0.1) is 5.92 Å². The zero-order chi connectivity index (χ0) is 13.1. The van der Waals surface area contributed by atoms with Crippen LogP contribution in [0.4, 0.5) is 0 Å². The minimum atomic E-state index is 0.500. The normalized spacial score (nSPS) is 28.8. The van der Waals surface area contributed by atoms with Gasteiger partial charge in [0, 0.05) is 24.4 Å². The van der Waals surface area contributed by atoms with E-state index in [9.17, 15) is 0 Å². The minimum Gasteiger partial charge on any atom is -0.330 e. The van der Waals surface area contributed by atoms with Crippen molar-refractivity contribution in [2.75, 3.05) is 7.05 Å². The topological polar surface area (TPSA) is 29.9 Å². The van der Waals surface area contributed by atoms with Crippen molar-refractivity contribution in [1.29, 1.82) is 0 Å². The maximum atomic E-state index is 4.55. The molecule has 1 aliphatic rings. The van der Waals surface area contributed by atoms with Crippen molar-refractivity contribution in [3.8, 4) is 0 Å². The number of nitrogens with zero attached hydrogens (tertiary/aromatic N) is 2. The number of nitrogens with one attached hydrogen (secondary N) is 1. The van der Waals surface area contributed by atoms with E-state index >= 15 is 0 Å². The molecule has 2 rings (SSSR count). The highest BCUT2D eigenvalue weighted by Gasteiger charge is 2.31. The summed E-state index contributed by atoms with van der Waals surface area (Å²) in [5.41, 5.74) is 0. The number of likely N-dealkylation sites (N-methyl/N-ethyl adjacent to an activating group) is 1. The van der Waals surface area contributed by atoms with Gasteiger partial charge in [-0.3, -0.25) is 0 Å². The van der Waals surface area contributed by atoms with Crippen molar-refractivity contribution in [1.82, 2.24) is 14.9 Å². The second-order valence-electron chi connectivity index (χ2n) is 5.90. The fourth-order valence-electron chi connectivity index (χ4n) is 3.30. The fourth-order valence-corrected chi connectivity index (χ4v) is 3.30. The van der Waals surface area contributed by atoms with Gasteiger partial charge in [-0.15, -0.1) is 0 Å². The van der Waals surface area contributed by atoms with Gasteiger partial charge in [-0.2, -0.15) is 0 Å². The molecule has 0 aliphatic heterocycles. The van der Waals surface area contributed by atoms with E-state index in [2.05, 4.69) is 48.9 Å². The van der Waals surface area contributed by atoms with E-state index in [4.69, 9.17) is 0 Å². The Morgan fingerprint density at radius 1 is 1.44 bits per heavy atom. The van der Waals surface area contributed by atoms with Gasteiger partial charge in [-0.25, -0.2) is 4.98 Å².